The molecule has 0 spiro atoms. The molecule has 0 aliphatic heterocycles. The third-order valence-corrected chi connectivity index (χ3v) is 2.72. The first-order valence-electron chi connectivity index (χ1n) is 5.45. The van der Waals surface area contributed by atoms with Crippen LogP contribution in [0.25, 0.3) is 0 Å². The smallest absolute Gasteiger partial charge is 0.165 e. The predicted octanol–water partition coefficient (Wildman–Crippen LogP) is 1.78. The van der Waals surface area contributed by atoms with E-state index in [9.17, 15) is 4.39 Å². The first-order chi connectivity index (χ1) is 8.76. The lowest BCUT2D eigenvalue weighted by Gasteiger charge is -2.17. The first kappa shape index (κ1) is 12.5. The highest BCUT2D eigenvalue weighted by Gasteiger charge is 2.14. The number of methoxy groups -OCH3 is 1. The number of benzene rings is 1. The minimum atomic E-state index is -0.413. The zero-order valence-corrected chi connectivity index (χ0v) is 9.93. The second-order valence-electron chi connectivity index (χ2n) is 3.77. The third kappa shape index (κ3) is 2.47. The number of nitrogens with one attached hydrogen (secondary N) is 1. The summed E-state index contributed by atoms with van der Waals surface area (Å²) in [6.07, 6.45) is 3.33. The molecule has 1 unspecified atom stereocenters. The summed E-state index contributed by atoms with van der Waals surface area (Å²) in [5.74, 6) is 5.33. The summed E-state index contributed by atoms with van der Waals surface area (Å²) in [5, 5.41) is 0. The molecule has 0 saturated heterocycles. The van der Waals surface area contributed by atoms with Crippen LogP contribution in [0.15, 0.2) is 42.7 Å². The van der Waals surface area contributed by atoms with Crippen molar-refractivity contribution in [3.8, 4) is 5.75 Å². The van der Waals surface area contributed by atoms with E-state index < -0.39 is 5.82 Å². The molecular weight excluding hydrogens is 233 g/mol. The van der Waals surface area contributed by atoms with Crippen LogP contribution in [0.2, 0.25) is 0 Å². The first-order valence-corrected chi connectivity index (χ1v) is 5.45. The van der Waals surface area contributed by atoms with Crippen molar-refractivity contribution >= 4 is 0 Å². The Hall–Kier alpha value is -1.98. The summed E-state index contributed by atoms with van der Waals surface area (Å²) in [6.45, 7) is 0. The van der Waals surface area contributed by atoms with Crippen molar-refractivity contribution in [2.75, 3.05) is 7.11 Å². The van der Waals surface area contributed by atoms with Crippen molar-refractivity contribution < 1.29 is 9.13 Å². The van der Waals surface area contributed by atoms with Gasteiger partial charge in [0, 0.05) is 12.4 Å². The lowest BCUT2D eigenvalue weighted by molar-refractivity contribution is 0.385. The van der Waals surface area contributed by atoms with Crippen molar-refractivity contribution in [2.24, 2.45) is 5.84 Å². The standard InChI is InChI=1S/C13H14FN3O/c1-18-12-3-2-10(8-11(12)14)13(17-15)9-4-6-16-7-5-9/h2-8,13,17H,15H2,1H3. The highest BCUT2D eigenvalue weighted by atomic mass is 19.1. The molecule has 94 valence electrons. The van der Waals surface area contributed by atoms with E-state index in [-0.39, 0.29) is 11.8 Å². The van der Waals surface area contributed by atoms with Gasteiger partial charge in [0.15, 0.2) is 11.6 Å². The molecule has 3 N–H and O–H groups in total. The molecule has 18 heavy (non-hydrogen) atoms. The quantitative estimate of drug-likeness (QED) is 0.638. The van der Waals surface area contributed by atoms with Crippen LogP contribution in [0.3, 0.4) is 0 Å². The molecule has 4 nitrogen and oxygen atoms in total. The summed E-state index contributed by atoms with van der Waals surface area (Å²) < 4.78 is 18.5. The van der Waals surface area contributed by atoms with Gasteiger partial charge in [-0.25, -0.2) is 9.82 Å². The van der Waals surface area contributed by atoms with Crippen molar-refractivity contribution in [1.82, 2.24) is 10.4 Å². The van der Waals surface area contributed by atoms with E-state index in [1.165, 1.54) is 13.2 Å². The summed E-state index contributed by atoms with van der Waals surface area (Å²) >= 11 is 0. The highest BCUT2D eigenvalue weighted by molar-refractivity contribution is 5.35. The molecule has 0 aliphatic rings. The Morgan fingerprint density at radius 1 is 1.22 bits per heavy atom. The predicted molar refractivity (Wildman–Crippen MR) is 66.4 cm³/mol. The Bertz CT molecular complexity index is 519. The van der Waals surface area contributed by atoms with Crippen LogP contribution < -0.4 is 16.0 Å². The zero-order valence-electron chi connectivity index (χ0n) is 9.93. The monoisotopic (exact) mass is 247 g/mol. The fourth-order valence-electron chi connectivity index (χ4n) is 1.80. The van der Waals surface area contributed by atoms with Crippen molar-refractivity contribution in [3.05, 3.63) is 59.7 Å². The largest absolute Gasteiger partial charge is 0.494 e. The van der Waals surface area contributed by atoms with Crippen LogP contribution >= 0.6 is 0 Å². The van der Waals surface area contributed by atoms with E-state index in [1.807, 2.05) is 12.1 Å². The van der Waals surface area contributed by atoms with Crippen LogP contribution in [0.5, 0.6) is 5.75 Å². The Balaban J connectivity index is 2.37. The van der Waals surface area contributed by atoms with Gasteiger partial charge in [-0.15, -0.1) is 0 Å². The molecule has 0 radical (unpaired) electrons. The van der Waals surface area contributed by atoms with Crippen LogP contribution in [-0.2, 0) is 0 Å². The van der Waals surface area contributed by atoms with E-state index in [2.05, 4.69) is 10.4 Å². The summed E-state index contributed by atoms with van der Waals surface area (Å²) in [6, 6.07) is 8.13. The second-order valence-corrected chi connectivity index (χ2v) is 3.77. The van der Waals surface area contributed by atoms with Gasteiger partial charge in [0.25, 0.3) is 0 Å². The number of halogens is 1. The number of nitrogens with zero attached hydrogens (tertiary/aromatic N) is 1. The van der Waals surface area contributed by atoms with Gasteiger partial charge >= 0.3 is 0 Å². The molecule has 0 aliphatic carbocycles. The van der Waals surface area contributed by atoms with Crippen molar-refractivity contribution in [3.63, 3.8) is 0 Å². The van der Waals surface area contributed by atoms with Gasteiger partial charge in [-0.1, -0.05) is 6.07 Å². The van der Waals surface area contributed by atoms with Gasteiger partial charge < -0.3 is 4.74 Å². The van der Waals surface area contributed by atoms with Gasteiger partial charge in [-0.3, -0.25) is 10.8 Å². The Kier molecular flexibility index (Phi) is 3.86. The van der Waals surface area contributed by atoms with Crippen LogP contribution in [0.4, 0.5) is 4.39 Å². The van der Waals surface area contributed by atoms with E-state index in [1.54, 1.807) is 24.5 Å². The zero-order chi connectivity index (χ0) is 13.0. The average molecular weight is 247 g/mol. The Morgan fingerprint density at radius 3 is 2.50 bits per heavy atom. The number of hydrogen-bond acceptors (Lipinski definition) is 4. The SMILES string of the molecule is COc1ccc(C(NN)c2ccncc2)cc1F. The lowest BCUT2D eigenvalue weighted by Crippen LogP contribution is -2.28. The second kappa shape index (κ2) is 5.57. The Labute approximate surface area is 105 Å². The van der Waals surface area contributed by atoms with Crippen LogP contribution in [0, 0.1) is 5.82 Å². The van der Waals surface area contributed by atoms with E-state index in [0.717, 1.165) is 11.1 Å². The van der Waals surface area contributed by atoms with Gasteiger partial charge in [0.1, 0.15) is 0 Å². The summed E-state index contributed by atoms with van der Waals surface area (Å²) in [7, 11) is 1.43. The molecule has 1 atom stereocenters. The maximum atomic E-state index is 13.7. The molecule has 0 fully saturated rings. The van der Waals surface area contributed by atoms with Crippen LogP contribution in [-0.4, -0.2) is 12.1 Å². The fourth-order valence-corrected chi connectivity index (χ4v) is 1.80. The number of rotatable bonds is 4. The third-order valence-electron chi connectivity index (χ3n) is 2.72. The molecule has 2 rings (SSSR count). The average Bonchev–Trinajstić information content (AvgIpc) is 2.41. The van der Waals surface area contributed by atoms with Gasteiger partial charge in [-0.05, 0) is 35.4 Å². The maximum Gasteiger partial charge on any atom is 0.165 e. The molecule has 5 heteroatoms. The summed E-state index contributed by atoms with van der Waals surface area (Å²) in [5.41, 5.74) is 4.30. The van der Waals surface area contributed by atoms with Gasteiger partial charge in [0.2, 0.25) is 0 Å². The molecule has 0 amide bonds. The number of aromatic nitrogens is 1. The molecule has 1 aromatic carbocycles. The number of pyridine rings is 1. The van der Waals surface area contributed by atoms with Gasteiger partial charge in [0.05, 0.1) is 13.2 Å². The number of hydrazine groups is 1. The van der Waals surface area contributed by atoms with E-state index >= 15 is 0 Å². The minimum Gasteiger partial charge on any atom is -0.494 e. The normalized spacial score (nSPS) is 12.2. The lowest BCUT2D eigenvalue weighted by atomic mass is 10.00. The molecule has 2 aromatic rings. The van der Waals surface area contributed by atoms with E-state index in [0.29, 0.717) is 0 Å². The van der Waals surface area contributed by atoms with Crippen molar-refractivity contribution in [2.45, 2.75) is 6.04 Å². The highest BCUT2D eigenvalue weighted by Crippen LogP contribution is 2.25. The fraction of sp³-hybridized carbons (Fsp3) is 0.154. The Morgan fingerprint density at radius 2 is 1.94 bits per heavy atom. The number of nitrogens with two attached hydrogens (primary N) is 1. The molecule has 0 saturated carbocycles. The molecule has 1 aromatic heterocycles. The number of hydrogen-bond donors (Lipinski definition) is 2. The summed E-state index contributed by atoms with van der Waals surface area (Å²) in [4.78, 5) is 3.94. The molecule has 0 bridgehead atoms. The molecular formula is C13H14FN3O. The van der Waals surface area contributed by atoms with Crippen molar-refractivity contribution in [1.29, 1.82) is 0 Å². The van der Waals surface area contributed by atoms with E-state index in [4.69, 9.17) is 10.6 Å². The van der Waals surface area contributed by atoms with Crippen LogP contribution in [0.1, 0.15) is 17.2 Å². The van der Waals surface area contributed by atoms with Gasteiger partial charge in [-0.2, -0.15) is 0 Å². The number of ether oxygens (including phenoxy) is 1. The maximum absolute atomic E-state index is 13.7. The molecule has 1 heterocycles. The topological polar surface area (TPSA) is 60.2 Å². The minimum absolute atomic E-state index is 0.212.